The highest BCUT2D eigenvalue weighted by Crippen LogP contribution is 2.36. The molecule has 0 saturated carbocycles. The Bertz CT molecular complexity index is 410. The average molecular weight is 206 g/mol. The molecule has 15 heavy (non-hydrogen) atoms. The molecule has 3 heteroatoms. The van der Waals surface area contributed by atoms with Crippen molar-refractivity contribution in [1.29, 1.82) is 0 Å². The van der Waals surface area contributed by atoms with E-state index in [2.05, 4.69) is 0 Å². The van der Waals surface area contributed by atoms with E-state index in [1.54, 1.807) is 13.0 Å². The molecule has 0 heterocycles. The predicted molar refractivity (Wildman–Crippen MR) is 56.2 cm³/mol. The molecule has 0 saturated heterocycles. The van der Waals surface area contributed by atoms with Gasteiger partial charge < -0.3 is 10.2 Å². The Morgan fingerprint density at radius 2 is 2.13 bits per heavy atom. The van der Waals surface area contributed by atoms with Gasteiger partial charge in [-0.05, 0) is 37.3 Å². The molecule has 0 aliphatic heterocycles. The van der Waals surface area contributed by atoms with Gasteiger partial charge in [0.25, 0.3) is 0 Å². The van der Waals surface area contributed by atoms with E-state index in [-0.39, 0.29) is 5.75 Å². The summed E-state index contributed by atoms with van der Waals surface area (Å²) in [6, 6.07) is 3.68. The predicted octanol–water partition coefficient (Wildman–Crippen LogP) is 2.07. The number of fused-ring (bicyclic) bond motifs is 1. The molecule has 0 fully saturated rings. The molecule has 0 spiro atoms. The Morgan fingerprint density at radius 3 is 2.80 bits per heavy atom. The lowest BCUT2D eigenvalue weighted by Gasteiger charge is -2.12. The van der Waals surface area contributed by atoms with Gasteiger partial charge in [0.15, 0.2) is 0 Å². The molecule has 0 amide bonds. The second kappa shape index (κ2) is 3.57. The number of aromatic hydroxyl groups is 1. The fourth-order valence-electron chi connectivity index (χ4n) is 2.15. The lowest BCUT2D eigenvalue weighted by Crippen LogP contribution is -2.08. The first-order valence-electron chi connectivity index (χ1n) is 5.17. The van der Waals surface area contributed by atoms with Gasteiger partial charge in [0.2, 0.25) is 0 Å². The fraction of sp³-hybridized carbons (Fsp3) is 0.417. The molecule has 1 aromatic carbocycles. The maximum Gasteiger partial charge on any atom is 0.310 e. The zero-order chi connectivity index (χ0) is 11.0. The minimum absolute atomic E-state index is 0.194. The van der Waals surface area contributed by atoms with Gasteiger partial charge in [0.1, 0.15) is 5.75 Å². The highest BCUT2D eigenvalue weighted by Gasteiger charge is 2.23. The van der Waals surface area contributed by atoms with Crippen molar-refractivity contribution < 1.29 is 15.0 Å². The molecule has 1 aliphatic rings. The summed E-state index contributed by atoms with van der Waals surface area (Å²) in [7, 11) is 0. The van der Waals surface area contributed by atoms with Crippen molar-refractivity contribution in [2.75, 3.05) is 0 Å². The molecule has 80 valence electrons. The highest BCUT2D eigenvalue weighted by molar-refractivity contribution is 5.77. The summed E-state index contributed by atoms with van der Waals surface area (Å²) >= 11 is 0. The number of hydrogen-bond acceptors (Lipinski definition) is 2. The van der Waals surface area contributed by atoms with Gasteiger partial charge in [-0.1, -0.05) is 12.1 Å². The van der Waals surface area contributed by atoms with E-state index in [9.17, 15) is 9.90 Å². The Balaban J connectivity index is 2.46. The summed E-state index contributed by atoms with van der Waals surface area (Å²) in [5.74, 6) is -1.35. The number of aryl methyl sites for hydroxylation is 1. The number of phenols is 1. The number of carbonyl (C=O) groups is 1. The average Bonchev–Trinajstić information content (AvgIpc) is 2.66. The van der Waals surface area contributed by atoms with Gasteiger partial charge >= 0.3 is 5.97 Å². The van der Waals surface area contributed by atoms with Gasteiger partial charge in [-0.25, -0.2) is 0 Å². The summed E-state index contributed by atoms with van der Waals surface area (Å²) in [5.41, 5.74) is 2.64. The molecule has 0 aromatic heterocycles. The second-order valence-electron chi connectivity index (χ2n) is 4.05. The zero-order valence-electron chi connectivity index (χ0n) is 8.66. The molecular weight excluding hydrogens is 192 g/mol. The number of phenolic OH excluding ortho intramolecular Hbond substituents is 1. The Labute approximate surface area is 88.4 Å². The first-order valence-corrected chi connectivity index (χ1v) is 5.17. The normalized spacial score (nSPS) is 16.1. The van der Waals surface area contributed by atoms with Crippen LogP contribution in [0.2, 0.25) is 0 Å². The van der Waals surface area contributed by atoms with E-state index in [1.165, 1.54) is 0 Å². The number of benzene rings is 1. The van der Waals surface area contributed by atoms with Crippen molar-refractivity contribution in [3.8, 4) is 5.75 Å². The van der Waals surface area contributed by atoms with Crippen LogP contribution in [-0.2, 0) is 17.6 Å². The van der Waals surface area contributed by atoms with Crippen LogP contribution < -0.4 is 0 Å². The largest absolute Gasteiger partial charge is 0.507 e. The molecule has 0 bridgehead atoms. The highest BCUT2D eigenvalue weighted by atomic mass is 16.4. The van der Waals surface area contributed by atoms with Crippen molar-refractivity contribution in [3.05, 3.63) is 28.8 Å². The summed E-state index contributed by atoms with van der Waals surface area (Å²) in [5, 5.41) is 18.9. The molecule has 1 atom stereocenters. The number of rotatable bonds is 2. The Kier molecular flexibility index (Phi) is 2.39. The molecule has 3 nitrogen and oxygen atoms in total. The monoisotopic (exact) mass is 206 g/mol. The van der Waals surface area contributed by atoms with Crippen LogP contribution in [-0.4, -0.2) is 16.2 Å². The van der Waals surface area contributed by atoms with Crippen LogP contribution in [0.4, 0.5) is 0 Å². The van der Waals surface area contributed by atoms with E-state index >= 15 is 0 Å². The van der Waals surface area contributed by atoms with Crippen LogP contribution in [0.3, 0.4) is 0 Å². The first-order chi connectivity index (χ1) is 7.11. The summed E-state index contributed by atoms with van der Waals surface area (Å²) in [6.45, 7) is 1.60. The van der Waals surface area contributed by atoms with Gasteiger partial charge in [-0.2, -0.15) is 0 Å². The smallest absolute Gasteiger partial charge is 0.310 e. The van der Waals surface area contributed by atoms with E-state index in [0.717, 1.165) is 30.4 Å². The number of aliphatic carboxylic acids is 1. The van der Waals surface area contributed by atoms with Crippen molar-refractivity contribution in [2.45, 2.75) is 32.1 Å². The minimum Gasteiger partial charge on any atom is -0.507 e. The molecule has 2 rings (SSSR count). The van der Waals surface area contributed by atoms with Crippen LogP contribution in [0.1, 0.15) is 36.0 Å². The first kappa shape index (κ1) is 10.0. The van der Waals surface area contributed by atoms with Gasteiger partial charge in [0.05, 0.1) is 5.92 Å². The molecule has 2 N–H and O–H groups in total. The zero-order valence-corrected chi connectivity index (χ0v) is 8.66. The van der Waals surface area contributed by atoms with E-state index in [1.807, 2.05) is 6.07 Å². The topological polar surface area (TPSA) is 57.5 Å². The number of carboxylic acid groups (broad SMARTS) is 1. The molecule has 1 unspecified atom stereocenters. The maximum absolute atomic E-state index is 10.8. The fourth-order valence-corrected chi connectivity index (χ4v) is 2.15. The molecule has 1 aromatic rings. The van der Waals surface area contributed by atoms with Crippen LogP contribution >= 0.6 is 0 Å². The quantitative estimate of drug-likeness (QED) is 0.778. The minimum atomic E-state index is -0.900. The summed E-state index contributed by atoms with van der Waals surface area (Å²) in [4.78, 5) is 10.8. The number of hydrogen-bond donors (Lipinski definition) is 2. The summed E-state index contributed by atoms with van der Waals surface area (Å²) < 4.78 is 0. The van der Waals surface area contributed by atoms with Crippen molar-refractivity contribution in [3.63, 3.8) is 0 Å². The van der Waals surface area contributed by atoms with Crippen molar-refractivity contribution in [1.82, 2.24) is 0 Å². The summed E-state index contributed by atoms with van der Waals surface area (Å²) in [6.07, 6.45) is 2.90. The van der Waals surface area contributed by atoms with Gasteiger partial charge in [-0.15, -0.1) is 0 Å². The van der Waals surface area contributed by atoms with Gasteiger partial charge in [-0.3, -0.25) is 4.79 Å². The van der Waals surface area contributed by atoms with Crippen LogP contribution in [0.25, 0.3) is 0 Å². The van der Waals surface area contributed by atoms with E-state index in [0.29, 0.717) is 5.56 Å². The van der Waals surface area contributed by atoms with E-state index < -0.39 is 11.9 Å². The lowest BCUT2D eigenvalue weighted by atomic mass is 9.95. The third-order valence-corrected chi connectivity index (χ3v) is 3.12. The van der Waals surface area contributed by atoms with Crippen LogP contribution in [0.5, 0.6) is 5.75 Å². The van der Waals surface area contributed by atoms with Crippen LogP contribution in [0.15, 0.2) is 12.1 Å². The molecule has 1 aliphatic carbocycles. The van der Waals surface area contributed by atoms with Crippen LogP contribution in [0, 0.1) is 0 Å². The van der Waals surface area contributed by atoms with Crippen molar-refractivity contribution in [2.24, 2.45) is 0 Å². The number of carboxylic acids is 1. The third kappa shape index (κ3) is 1.58. The van der Waals surface area contributed by atoms with E-state index in [4.69, 9.17) is 5.11 Å². The lowest BCUT2D eigenvalue weighted by molar-refractivity contribution is -0.138. The Morgan fingerprint density at radius 1 is 1.40 bits per heavy atom. The van der Waals surface area contributed by atoms with Gasteiger partial charge in [0, 0.05) is 5.56 Å². The second-order valence-corrected chi connectivity index (χ2v) is 4.05. The Hall–Kier alpha value is -1.51. The maximum atomic E-state index is 10.8. The standard InChI is InChI=1S/C12H14O3/c1-7(12(14)15)9-6-5-8-3-2-4-10(8)11(9)13/h5-7,13H,2-4H2,1H3,(H,14,15). The van der Waals surface area contributed by atoms with Crippen molar-refractivity contribution >= 4 is 5.97 Å². The third-order valence-electron chi connectivity index (χ3n) is 3.12. The molecule has 0 radical (unpaired) electrons. The molecular formula is C12H14O3. The SMILES string of the molecule is CC(C(=O)O)c1ccc2c(c1O)CCC2.